The fraction of sp³-hybridized carbons (Fsp3) is 0.263. The Labute approximate surface area is 137 Å². The molecular weight excluding hydrogens is 318 g/mol. The molecule has 1 nitrogen and oxygen atoms in total. The van der Waals surface area contributed by atoms with E-state index in [2.05, 4.69) is 5.32 Å². The van der Waals surface area contributed by atoms with E-state index in [1.165, 1.54) is 18.2 Å². The highest BCUT2D eigenvalue weighted by molar-refractivity contribution is 5.61. The van der Waals surface area contributed by atoms with Crippen LogP contribution in [-0.4, -0.2) is 0 Å². The fourth-order valence-corrected chi connectivity index (χ4v) is 3.92. The van der Waals surface area contributed by atoms with Crippen molar-refractivity contribution in [1.29, 1.82) is 0 Å². The van der Waals surface area contributed by atoms with Gasteiger partial charge in [0.1, 0.15) is 5.82 Å². The van der Waals surface area contributed by atoms with Crippen molar-refractivity contribution >= 4 is 5.69 Å². The van der Waals surface area contributed by atoms with E-state index in [4.69, 9.17) is 0 Å². The molecule has 124 valence electrons. The van der Waals surface area contributed by atoms with Gasteiger partial charge in [0.05, 0.1) is 17.3 Å². The van der Waals surface area contributed by atoms with Gasteiger partial charge in [0.25, 0.3) is 0 Å². The number of hydrogen-bond acceptors (Lipinski definition) is 1. The topological polar surface area (TPSA) is 12.0 Å². The number of nitrogens with one attached hydrogen (secondary N) is 1. The largest absolute Gasteiger partial charge is 0.416 e. The summed E-state index contributed by atoms with van der Waals surface area (Å²) in [6.07, 6.45) is 0.187. The Hall–Kier alpha value is -2.30. The highest BCUT2D eigenvalue weighted by atomic mass is 19.4. The van der Waals surface area contributed by atoms with E-state index in [-0.39, 0.29) is 17.4 Å². The van der Waals surface area contributed by atoms with Gasteiger partial charge in [0.2, 0.25) is 0 Å². The number of rotatable bonds is 1. The van der Waals surface area contributed by atoms with Gasteiger partial charge in [-0.3, -0.25) is 0 Å². The molecule has 0 amide bonds. The molecule has 0 saturated heterocycles. The van der Waals surface area contributed by atoms with Crippen LogP contribution in [-0.2, 0) is 6.18 Å². The van der Waals surface area contributed by atoms with Crippen LogP contribution in [0, 0.1) is 11.7 Å². The molecule has 0 radical (unpaired) electrons. The van der Waals surface area contributed by atoms with Gasteiger partial charge in [-0.1, -0.05) is 42.5 Å². The summed E-state index contributed by atoms with van der Waals surface area (Å²) in [7, 11) is 0. The second-order valence-corrected chi connectivity index (χ2v) is 6.26. The highest BCUT2D eigenvalue weighted by Gasteiger charge is 2.42. The zero-order chi connectivity index (χ0) is 16.9. The molecule has 0 fully saturated rings. The molecule has 5 heteroatoms. The lowest BCUT2D eigenvalue weighted by Gasteiger charge is -2.38. The Bertz CT molecular complexity index is 809. The van der Waals surface area contributed by atoms with Gasteiger partial charge in [-0.05, 0) is 35.6 Å². The summed E-state index contributed by atoms with van der Waals surface area (Å²) in [5, 5.41) is 3.05. The van der Waals surface area contributed by atoms with E-state index in [9.17, 15) is 17.6 Å². The minimum absolute atomic E-state index is 0.0530. The lowest BCUT2D eigenvalue weighted by molar-refractivity contribution is -0.138. The molecule has 1 aliphatic carbocycles. The summed E-state index contributed by atoms with van der Waals surface area (Å²) in [4.78, 5) is 0. The van der Waals surface area contributed by atoms with E-state index in [0.717, 1.165) is 11.6 Å². The smallest absolute Gasteiger partial charge is 0.375 e. The summed E-state index contributed by atoms with van der Waals surface area (Å²) < 4.78 is 54.5. The maximum atomic E-state index is 14.2. The predicted octanol–water partition coefficient (Wildman–Crippen LogP) is 5.67. The van der Waals surface area contributed by atoms with Gasteiger partial charge in [0.15, 0.2) is 0 Å². The van der Waals surface area contributed by atoms with Crippen LogP contribution in [0.5, 0.6) is 0 Å². The molecule has 0 spiro atoms. The van der Waals surface area contributed by atoms with Crippen molar-refractivity contribution in [2.75, 3.05) is 5.32 Å². The molecule has 2 aromatic carbocycles. The second kappa shape index (κ2) is 5.36. The Kier molecular flexibility index (Phi) is 3.41. The molecule has 4 rings (SSSR count). The van der Waals surface area contributed by atoms with Gasteiger partial charge in [-0.2, -0.15) is 13.2 Å². The van der Waals surface area contributed by atoms with E-state index in [1.54, 1.807) is 12.1 Å². The van der Waals surface area contributed by atoms with Crippen LogP contribution in [0.25, 0.3) is 0 Å². The Balaban J connectivity index is 1.85. The third-order valence-corrected chi connectivity index (χ3v) is 4.95. The predicted molar refractivity (Wildman–Crippen MR) is 84.2 cm³/mol. The van der Waals surface area contributed by atoms with Crippen LogP contribution in [0.2, 0.25) is 0 Å². The maximum absolute atomic E-state index is 14.2. The SMILES string of the molecule is Fc1cccc2c1N[C@H](c1ccccc1C(F)(F)F)[C@H]1CC=C[C@@H]21. The second-order valence-electron chi connectivity index (χ2n) is 6.26. The summed E-state index contributed by atoms with van der Waals surface area (Å²) in [5.41, 5.74) is 0.646. The molecule has 24 heavy (non-hydrogen) atoms. The average Bonchev–Trinajstić information content (AvgIpc) is 3.04. The highest BCUT2D eigenvalue weighted by Crippen LogP contribution is 2.51. The van der Waals surface area contributed by atoms with Gasteiger partial charge in [-0.25, -0.2) is 4.39 Å². The molecule has 0 aromatic heterocycles. The van der Waals surface area contributed by atoms with Gasteiger partial charge >= 0.3 is 6.18 Å². The quantitative estimate of drug-likeness (QED) is 0.524. The summed E-state index contributed by atoms with van der Waals surface area (Å²) >= 11 is 0. The van der Waals surface area contributed by atoms with Crippen molar-refractivity contribution in [2.45, 2.75) is 24.6 Å². The molecule has 1 aliphatic heterocycles. The van der Waals surface area contributed by atoms with Crippen LogP contribution >= 0.6 is 0 Å². The summed E-state index contributed by atoms with van der Waals surface area (Å²) in [6.45, 7) is 0. The first-order valence-corrected chi connectivity index (χ1v) is 7.84. The van der Waals surface area contributed by atoms with E-state index >= 15 is 0 Å². The Morgan fingerprint density at radius 1 is 0.958 bits per heavy atom. The monoisotopic (exact) mass is 333 g/mol. The minimum atomic E-state index is -4.44. The molecular formula is C19H15F4N. The number of allylic oxidation sites excluding steroid dienone is 2. The third kappa shape index (κ3) is 2.30. The number of halogens is 4. The first kappa shape index (κ1) is 15.2. The normalized spacial score (nSPS) is 25.1. The van der Waals surface area contributed by atoms with Gasteiger partial charge in [0, 0.05) is 5.92 Å². The molecule has 2 aliphatic rings. The first-order valence-electron chi connectivity index (χ1n) is 7.84. The maximum Gasteiger partial charge on any atom is 0.416 e. The Morgan fingerprint density at radius 2 is 1.71 bits per heavy atom. The van der Waals surface area contributed by atoms with Crippen molar-refractivity contribution in [1.82, 2.24) is 0 Å². The lowest BCUT2D eigenvalue weighted by atomic mass is 9.76. The number of anilines is 1. The van der Waals surface area contributed by atoms with Crippen LogP contribution in [0.4, 0.5) is 23.2 Å². The Morgan fingerprint density at radius 3 is 2.50 bits per heavy atom. The number of benzene rings is 2. The minimum Gasteiger partial charge on any atom is -0.375 e. The molecule has 0 bridgehead atoms. The van der Waals surface area contributed by atoms with Crippen LogP contribution < -0.4 is 5.32 Å². The van der Waals surface area contributed by atoms with Crippen LogP contribution in [0.15, 0.2) is 54.6 Å². The van der Waals surface area contributed by atoms with Crippen LogP contribution in [0.3, 0.4) is 0 Å². The van der Waals surface area contributed by atoms with E-state index in [0.29, 0.717) is 12.1 Å². The number of alkyl halides is 3. The van der Waals surface area contributed by atoms with Crippen molar-refractivity contribution < 1.29 is 17.6 Å². The van der Waals surface area contributed by atoms with E-state index < -0.39 is 23.6 Å². The van der Waals surface area contributed by atoms with Gasteiger partial charge < -0.3 is 5.32 Å². The van der Waals surface area contributed by atoms with E-state index in [1.807, 2.05) is 18.2 Å². The molecule has 0 saturated carbocycles. The standard InChI is InChI=1S/C19H15F4N/c20-16-10-4-8-13-11-6-3-7-12(11)17(24-18(13)16)14-5-1-2-9-15(14)19(21,22)23/h1-6,8-12,17,24H,7H2/t11-,12+,17+/m1/s1. The van der Waals surface area contributed by atoms with Crippen LogP contribution in [0.1, 0.15) is 35.1 Å². The lowest BCUT2D eigenvalue weighted by Crippen LogP contribution is -2.31. The van der Waals surface area contributed by atoms with Crippen molar-refractivity contribution in [3.05, 3.63) is 77.1 Å². The first-order chi connectivity index (χ1) is 11.5. The average molecular weight is 333 g/mol. The molecule has 0 unspecified atom stereocenters. The molecule has 2 aromatic rings. The summed E-state index contributed by atoms with van der Waals surface area (Å²) in [5.74, 6) is -0.549. The molecule has 1 heterocycles. The zero-order valence-electron chi connectivity index (χ0n) is 12.6. The number of hydrogen-bond donors (Lipinski definition) is 1. The van der Waals surface area contributed by atoms with Crippen molar-refractivity contribution in [3.63, 3.8) is 0 Å². The fourth-order valence-electron chi connectivity index (χ4n) is 3.92. The zero-order valence-corrected chi connectivity index (χ0v) is 12.6. The number of fused-ring (bicyclic) bond motifs is 3. The van der Waals surface area contributed by atoms with Gasteiger partial charge in [-0.15, -0.1) is 0 Å². The molecule has 3 atom stereocenters. The third-order valence-electron chi connectivity index (χ3n) is 4.95. The van der Waals surface area contributed by atoms with Crippen molar-refractivity contribution in [2.24, 2.45) is 5.92 Å². The molecule has 1 N–H and O–H groups in total. The van der Waals surface area contributed by atoms with Crippen molar-refractivity contribution in [3.8, 4) is 0 Å². The number of para-hydroxylation sites is 1. The summed E-state index contributed by atoms with van der Waals surface area (Å²) in [6, 6.07) is 9.79.